The number of carbonyl (C=O) groups is 1. The highest BCUT2D eigenvalue weighted by Crippen LogP contribution is 2.42. The summed E-state index contributed by atoms with van der Waals surface area (Å²) in [6.07, 6.45) is 1.09. The molecule has 1 fully saturated rings. The highest BCUT2D eigenvalue weighted by Gasteiger charge is 2.49. The number of amides is 1. The first-order valence-corrected chi connectivity index (χ1v) is 7.26. The number of benzene rings is 1. The number of methoxy groups -OCH3 is 1. The Labute approximate surface area is 122 Å². The molecule has 3 nitrogen and oxygen atoms in total. The van der Waals surface area contributed by atoms with E-state index in [1.807, 2.05) is 25.1 Å². The number of nitrogens with one attached hydrogen (secondary N) is 1. The SMILES string of the molecule is COC1CC(NC(=O)c2cccc(C)c2Br)C1(C)C. The van der Waals surface area contributed by atoms with Crippen LogP contribution in [-0.2, 0) is 4.74 Å². The summed E-state index contributed by atoms with van der Waals surface area (Å²) < 4.78 is 6.27. The molecule has 0 heterocycles. The average molecular weight is 326 g/mol. The molecular weight excluding hydrogens is 306 g/mol. The van der Waals surface area contributed by atoms with Crippen LogP contribution in [0.15, 0.2) is 22.7 Å². The maximum Gasteiger partial charge on any atom is 0.252 e. The second-order valence-electron chi connectivity index (χ2n) is 5.74. The quantitative estimate of drug-likeness (QED) is 0.925. The summed E-state index contributed by atoms with van der Waals surface area (Å²) in [7, 11) is 1.72. The van der Waals surface area contributed by atoms with Gasteiger partial charge in [0.1, 0.15) is 0 Å². The van der Waals surface area contributed by atoms with E-state index >= 15 is 0 Å². The van der Waals surface area contributed by atoms with E-state index in [4.69, 9.17) is 4.74 Å². The van der Waals surface area contributed by atoms with E-state index in [1.165, 1.54) is 0 Å². The van der Waals surface area contributed by atoms with Crippen LogP contribution in [-0.4, -0.2) is 25.2 Å². The molecule has 0 radical (unpaired) electrons. The molecular formula is C15H20BrNO2. The van der Waals surface area contributed by atoms with Crippen LogP contribution in [0.25, 0.3) is 0 Å². The fraction of sp³-hybridized carbons (Fsp3) is 0.533. The van der Waals surface area contributed by atoms with Crippen molar-refractivity contribution in [2.75, 3.05) is 7.11 Å². The van der Waals surface area contributed by atoms with Gasteiger partial charge in [-0.2, -0.15) is 0 Å². The molecule has 1 aliphatic carbocycles. The molecule has 1 aromatic rings. The van der Waals surface area contributed by atoms with Gasteiger partial charge in [-0.3, -0.25) is 4.79 Å². The number of carbonyl (C=O) groups excluding carboxylic acids is 1. The topological polar surface area (TPSA) is 38.3 Å². The first-order chi connectivity index (χ1) is 8.87. The van der Waals surface area contributed by atoms with E-state index in [9.17, 15) is 4.79 Å². The van der Waals surface area contributed by atoms with Crippen LogP contribution in [0, 0.1) is 12.3 Å². The van der Waals surface area contributed by atoms with Gasteiger partial charge in [0.2, 0.25) is 0 Å². The molecule has 19 heavy (non-hydrogen) atoms. The van der Waals surface area contributed by atoms with Crippen molar-refractivity contribution in [3.05, 3.63) is 33.8 Å². The van der Waals surface area contributed by atoms with Gasteiger partial charge in [0.05, 0.1) is 11.7 Å². The second kappa shape index (κ2) is 5.25. The van der Waals surface area contributed by atoms with Gasteiger partial charge in [0.25, 0.3) is 5.91 Å². The van der Waals surface area contributed by atoms with Gasteiger partial charge in [0, 0.05) is 23.0 Å². The molecule has 2 unspecified atom stereocenters. The van der Waals surface area contributed by atoms with Crippen molar-refractivity contribution in [2.24, 2.45) is 5.41 Å². The number of ether oxygens (including phenoxy) is 1. The van der Waals surface area contributed by atoms with Gasteiger partial charge >= 0.3 is 0 Å². The van der Waals surface area contributed by atoms with Gasteiger partial charge in [-0.15, -0.1) is 0 Å². The third-order valence-electron chi connectivity index (χ3n) is 4.20. The summed E-state index contributed by atoms with van der Waals surface area (Å²) >= 11 is 3.48. The minimum absolute atomic E-state index is 0.0132. The van der Waals surface area contributed by atoms with E-state index in [0.717, 1.165) is 16.5 Å². The summed E-state index contributed by atoms with van der Waals surface area (Å²) in [6.45, 7) is 6.23. The van der Waals surface area contributed by atoms with E-state index < -0.39 is 0 Å². The third kappa shape index (κ3) is 2.56. The van der Waals surface area contributed by atoms with Crippen molar-refractivity contribution in [1.82, 2.24) is 5.32 Å². The summed E-state index contributed by atoms with van der Waals surface area (Å²) in [5, 5.41) is 3.11. The van der Waals surface area contributed by atoms with Crippen LogP contribution in [0.1, 0.15) is 36.2 Å². The van der Waals surface area contributed by atoms with Gasteiger partial charge in [-0.25, -0.2) is 0 Å². The maximum atomic E-state index is 12.3. The molecule has 2 atom stereocenters. The molecule has 1 aromatic carbocycles. The lowest BCUT2D eigenvalue weighted by Gasteiger charge is -2.51. The average Bonchev–Trinajstić information content (AvgIpc) is 2.37. The van der Waals surface area contributed by atoms with Crippen molar-refractivity contribution in [3.8, 4) is 0 Å². The molecule has 1 amide bonds. The zero-order chi connectivity index (χ0) is 14.2. The lowest BCUT2D eigenvalue weighted by atomic mass is 9.64. The van der Waals surface area contributed by atoms with Gasteiger partial charge in [-0.1, -0.05) is 26.0 Å². The molecule has 1 saturated carbocycles. The van der Waals surface area contributed by atoms with Gasteiger partial charge in [0.15, 0.2) is 0 Å². The van der Waals surface area contributed by atoms with Crippen LogP contribution in [0.5, 0.6) is 0 Å². The van der Waals surface area contributed by atoms with Crippen molar-refractivity contribution in [1.29, 1.82) is 0 Å². The molecule has 4 heteroatoms. The first-order valence-electron chi connectivity index (χ1n) is 6.46. The van der Waals surface area contributed by atoms with E-state index in [1.54, 1.807) is 7.11 Å². The van der Waals surface area contributed by atoms with Gasteiger partial charge < -0.3 is 10.1 Å². The Morgan fingerprint density at radius 1 is 1.47 bits per heavy atom. The van der Waals surface area contributed by atoms with Crippen molar-refractivity contribution < 1.29 is 9.53 Å². The van der Waals surface area contributed by atoms with Gasteiger partial charge in [-0.05, 0) is 40.9 Å². The second-order valence-corrected chi connectivity index (χ2v) is 6.54. The number of halogens is 1. The number of aryl methyl sites for hydroxylation is 1. The molecule has 0 aliphatic heterocycles. The Bertz CT molecular complexity index is 499. The lowest BCUT2D eigenvalue weighted by Crippen LogP contribution is -2.61. The van der Waals surface area contributed by atoms with Crippen LogP contribution in [0.2, 0.25) is 0 Å². The zero-order valence-electron chi connectivity index (χ0n) is 11.8. The molecule has 1 aliphatic rings. The molecule has 1 N–H and O–H groups in total. The fourth-order valence-corrected chi connectivity index (χ4v) is 3.03. The third-order valence-corrected chi connectivity index (χ3v) is 5.26. The van der Waals surface area contributed by atoms with Crippen molar-refractivity contribution >= 4 is 21.8 Å². The van der Waals surface area contributed by atoms with E-state index in [0.29, 0.717) is 5.56 Å². The standard InChI is InChI=1S/C15H20BrNO2/c1-9-6-5-7-10(13(9)16)14(18)17-11-8-12(19-4)15(11,2)3/h5-7,11-12H,8H2,1-4H3,(H,17,18). The largest absolute Gasteiger partial charge is 0.381 e. The van der Waals surface area contributed by atoms with E-state index in [2.05, 4.69) is 35.1 Å². The summed E-state index contributed by atoms with van der Waals surface area (Å²) in [4.78, 5) is 12.3. The number of hydrogen-bond acceptors (Lipinski definition) is 2. The maximum absolute atomic E-state index is 12.3. The smallest absolute Gasteiger partial charge is 0.252 e. The van der Waals surface area contributed by atoms with Crippen LogP contribution < -0.4 is 5.32 Å². The summed E-state index contributed by atoms with van der Waals surface area (Å²) in [5.41, 5.74) is 1.74. The monoisotopic (exact) mass is 325 g/mol. The molecule has 2 rings (SSSR count). The van der Waals surface area contributed by atoms with Crippen molar-refractivity contribution in [2.45, 2.75) is 39.3 Å². The fourth-order valence-electron chi connectivity index (χ4n) is 2.59. The molecule has 0 spiro atoms. The highest BCUT2D eigenvalue weighted by atomic mass is 79.9. The van der Waals surface area contributed by atoms with Crippen LogP contribution in [0.4, 0.5) is 0 Å². The normalized spacial score (nSPS) is 24.7. The molecule has 0 aromatic heterocycles. The summed E-state index contributed by atoms with van der Waals surface area (Å²) in [5.74, 6) is -0.0248. The Morgan fingerprint density at radius 2 is 2.16 bits per heavy atom. The number of hydrogen-bond donors (Lipinski definition) is 1. The molecule has 0 bridgehead atoms. The summed E-state index contributed by atoms with van der Waals surface area (Å²) in [6, 6.07) is 5.89. The van der Waals surface area contributed by atoms with E-state index in [-0.39, 0.29) is 23.5 Å². The molecule has 104 valence electrons. The Morgan fingerprint density at radius 3 is 2.74 bits per heavy atom. The Balaban J connectivity index is 2.09. The predicted octanol–water partition coefficient (Wildman–Crippen LogP) is 3.30. The highest BCUT2D eigenvalue weighted by molar-refractivity contribution is 9.10. The number of rotatable bonds is 3. The lowest BCUT2D eigenvalue weighted by molar-refractivity contribution is -0.0942. The predicted molar refractivity (Wildman–Crippen MR) is 79.3 cm³/mol. The van der Waals surface area contributed by atoms with Crippen LogP contribution in [0.3, 0.4) is 0 Å². The zero-order valence-corrected chi connectivity index (χ0v) is 13.4. The Hall–Kier alpha value is -0.870. The minimum atomic E-state index is -0.0248. The Kier molecular flexibility index (Phi) is 4.02. The molecule has 0 saturated heterocycles. The van der Waals surface area contributed by atoms with Crippen molar-refractivity contribution in [3.63, 3.8) is 0 Å². The minimum Gasteiger partial charge on any atom is -0.381 e. The first kappa shape index (κ1) is 14.5. The van der Waals surface area contributed by atoms with Crippen LogP contribution >= 0.6 is 15.9 Å².